The normalized spacial score (nSPS) is 16.2. The SMILES string of the molecule is O=C(CCOCCOCCOCCOCCOCCNc1cccc2c1C(=O)N(C1CCC(=O)NC1=O)C2=O)NCCn1cc(NC(=O)c2c(Cl)cccc2Cl)c(C(=O)NC2CCNCC2)n1. The molecule has 2 fully saturated rings. The Morgan fingerprint density at radius 1 is 0.731 bits per heavy atom. The summed E-state index contributed by atoms with van der Waals surface area (Å²) in [7, 11) is 0. The van der Waals surface area contributed by atoms with Crippen molar-refractivity contribution < 1.29 is 57.2 Å². The molecule has 4 heterocycles. The minimum Gasteiger partial charge on any atom is -0.382 e. The molecular formula is C44H55Cl2N9O12. The van der Waals surface area contributed by atoms with Gasteiger partial charge in [-0.25, -0.2) is 0 Å². The van der Waals surface area contributed by atoms with E-state index in [4.69, 9.17) is 46.9 Å². The van der Waals surface area contributed by atoms with Crippen LogP contribution in [0.15, 0.2) is 42.6 Å². The second-order valence-corrected chi connectivity index (χ2v) is 16.3. The molecule has 1 aromatic heterocycles. The van der Waals surface area contributed by atoms with Crippen LogP contribution < -0.4 is 31.9 Å². The van der Waals surface area contributed by atoms with Gasteiger partial charge in [0, 0.05) is 43.9 Å². The number of hydrogen-bond acceptors (Lipinski definition) is 15. The number of amides is 7. The zero-order valence-corrected chi connectivity index (χ0v) is 38.3. The molecule has 362 valence electrons. The average Bonchev–Trinajstić information content (AvgIpc) is 3.82. The van der Waals surface area contributed by atoms with E-state index in [1.165, 1.54) is 16.9 Å². The van der Waals surface area contributed by atoms with E-state index >= 15 is 0 Å². The Hall–Kier alpha value is -5.52. The first-order valence-corrected chi connectivity index (χ1v) is 22.9. The third kappa shape index (κ3) is 14.7. The van der Waals surface area contributed by atoms with Gasteiger partial charge in [0.1, 0.15) is 6.04 Å². The van der Waals surface area contributed by atoms with Crippen molar-refractivity contribution in [3.63, 3.8) is 0 Å². The highest BCUT2D eigenvalue weighted by atomic mass is 35.5. The van der Waals surface area contributed by atoms with Crippen LogP contribution in [-0.4, -0.2) is 160 Å². The molecule has 0 bridgehead atoms. The number of anilines is 2. The minimum atomic E-state index is -1.03. The van der Waals surface area contributed by atoms with E-state index in [0.717, 1.165) is 30.8 Å². The third-order valence-electron chi connectivity index (χ3n) is 10.7. The van der Waals surface area contributed by atoms with Gasteiger partial charge < -0.3 is 50.3 Å². The molecule has 0 spiro atoms. The van der Waals surface area contributed by atoms with Crippen LogP contribution in [0, 0.1) is 0 Å². The van der Waals surface area contributed by atoms with Crippen molar-refractivity contribution in [1.82, 2.24) is 35.9 Å². The number of carbonyl (C=O) groups excluding carboxylic acids is 7. The molecule has 1 atom stereocenters. The molecule has 6 rings (SSSR count). The number of nitrogens with one attached hydrogen (secondary N) is 6. The zero-order chi connectivity index (χ0) is 47.5. The Kier molecular flexibility index (Phi) is 19.8. The van der Waals surface area contributed by atoms with Crippen molar-refractivity contribution >= 4 is 75.9 Å². The molecule has 67 heavy (non-hydrogen) atoms. The van der Waals surface area contributed by atoms with Crippen molar-refractivity contribution in [1.29, 1.82) is 0 Å². The summed E-state index contributed by atoms with van der Waals surface area (Å²) in [6.07, 6.45) is 3.31. The molecule has 6 N–H and O–H groups in total. The second kappa shape index (κ2) is 26.1. The van der Waals surface area contributed by atoms with E-state index in [1.807, 2.05) is 0 Å². The van der Waals surface area contributed by atoms with Crippen LogP contribution in [0.2, 0.25) is 10.0 Å². The van der Waals surface area contributed by atoms with Gasteiger partial charge in [0.15, 0.2) is 5.69 Å². The maximum Gasteiger partial charge on any atom is 0.274 e. The van der Waals surface area contributed by atoms with Crippen LogP contribution in [0.4, 0.5) is 11.4 Å². The number of nitrogens with zero attached hydrogens (tertiary/aromatic N) is 3. The van der Waals surface area contributed by atoms with E-state index in [9.17, 15) is 33.6 Å². The number of imide groups is 2. The van der Waals surface area contributed by atoms with Crippen LogP contribution in [0.1, 0.15) is 73.7 Å². The minimum absolute atomic E-state index is 0.0274. The number of hydrogen-bond donors (Lipinski definition) is 6. The van der Waals surface area contributed by atoms with Crippen molar-refractivity contribution in [2.24, 2.45) is 0 Å². The summed E-state index contributed by atoms with van der Waals surface area (Å²) < 4.78 is 29.2. The second-order valence-electron chi connectivity index (χ2n) is 15.5. The summed E-state index contributed by atoms with van der Waals surface area (Å²) in [5.41, 5.74) is 1.12. The molecule has 23 heteroatoms. The summed E-state index contributed by atoms with van der Waals surface area (Å²) in [6, 6.07) is 8.51. The highest BCUT2D eigenvalue weighted by Crippen LogP contribution is 2.32. The molecule has 1 unspecified atom stereocenters. The maximum atomic E-state index is 13.3. The first-order valence-electron chi connectivity index (χ1n) is 22.1. The highest BCUT2D eigenvalue weighted by molar-refractivity contribution is 6.40. The molecule has 7 amide bonds. The van der Waals surface area contributed by atoms with Gasteiger partial charge in [-0.15, -0.1) is 0 Å². The molecule has 2 saturated heterocycles. The molecule has 2 aromatic carbocycles. The molecule has 3 aliphatic heterocycles. The fourth-order valence-electron chi connectivity index (χ4n) is 7.38. The van der Waals surface area contributed by atoms with Gasteiger partial charge >= 0.3 is 0 Å². The highest BCUT2D eigenvalue weighted by Gasteiger charge is 2.45. The number of rotatable bonds is 27. The smallest absolute Gasteiger partial charge is 0.274 e. The zero-order valence-electron chi connectivity index (χ0n) is 36.8. The Morgan fingerprint density at radius 2 is 1.36 bits per heavy atom. The van der Waals surface area contributed by atoms with Gasteiger partial charge in [0.2, 0.25) is 17.7 Å². The Bertz CT molecular complexity index is 2220. The van der Waals surface area contributed by atoms with Gasteiger partial charge in [0.25, 0.3) is 23.6 Å². The summed E-state index contributed by atoms with van der Waals surface area (Å²) >= 11 is 12.5. The lowest BCUT2D eigenvalue weighted by molar-refractivity contribution is -0.136. The molecule has 0 aliphatic carbocycles. The monoisotopic (exact) mass is 971 g/mol. The molecule has 21 nitrogen and oxygen atoms in total. The maximum absolute atomic E-state index is 13.3. The predicted molar refractivity (Wildman–Crippen MR) is 243 cm³/mol. The number of aromatic nitrogens is 2. The molecule has 3 aliphatic rings. The van der Waals surface area contributed by atoms with Crippen molar-refractivity contribution in [3.05, 3.63) is 75.0 Å². The van der Waals surface area contributed by atoms with E-state index in [2.05, 4.69) is 37.0 Å². The van der Waals surface area contributed by atoms with Crippen LogP contribution in [0.5, 0.6) is 0 Å². The standard InChI is InChI=1S/C44H55Cl2N9O12/c45-30-4-2-5-31(46)38(30)41(59)51-33-27-54(53-39(33)42(60)50-28-9-12-47-13-10-28)16-14-49-35(56)11-17-63-19-21-65-23-25-67-26-24-66-22-20-64-18-15-48-32-6-1-3-29-37(32)44(62)55(43(29)61)34-7-8-36(57)52-40(34)58/h1-6,27-28,34,47-48H,7-26H2,(H,49,56)(H,50,60)(H,51,59)(H,52,57,58). The summed E-state index contributed by atoms with van der Waals surface area (Å²) in [4.78, 5) is 89.9. The molecule has 0 saturated carbocycles. The molecule has 0 radical (unpaired) electrons. The number of ether oxygens (including phenoxy) is 5. The topological polar surface area (TPSA) is 259 Å². The third-order valence-corrected chi connectivity index (χ3v) is 11.4. The van der Waals surface area contributed by atoms with E-state index < -0.39 is 41.5 Å². The number of benzene rings is 2. The molecule has 3 aromatic rings. The van der Waals surface area contributed by atoms with Crippen LogP contribution >= 0.6 is 23.2 Å². The van der Waals surface area contributed by atoms with Crippen LogP contribution in [0.3, 0.4) is 0 Å². The summed E-state index contributed by atoms with van der Waals surface area (Å²) in [5, 5.41) is 21.8. The van der Waals surface area contributed by atoms with Crippen molar-refractivity contribution in [3.8, 4) is 0 Å². The summed E-state index contributed by atoms with van der Waals surface area (Å²) in [6.45, 7) is 5.59. The van der Waals surface area contributed by atoms with Crippen LogP contribution in [0.25, 0.3) is 0 Å². The molecular weight excluding hydrogens is 917 g/mol. The lowest BCUT2D eigenvalue weighted by Crippen LogP contribution is -2.54. The number of fused-ring (bicyclic) bond motifs is 1. The average molecular weight is 973 g/mol. The number of carbonyl (C=O) groups is 7. The van der Waals surface area contributed by atoms with Gasteiger partial charge in [0.05, 0.1) is 105 Å². The van der Waals surface area contributed by atoms with Gasteiger partial charge in [-0.3, -0.25) is 48.5 Å². The van der Waals surface area contributed by atoms with Gasteiger partial charge in [-0.2, -0.15) is 5.10 Å². The number of piperidine rings is 2. The predicted octanol–water partition coefficient (Wildman–Crippen LogP) is 2.03. The van der Waals surface area contributed by atoms with E-state index in [-0.39, 0.29) is 89.0 Å². The fraction of sp³-hybridized carbons (Fsp3) is 0.500. The van der Waals surface area contributed by atoms with Gasteiger partial charge in [-0.05, 0) is 56.6 Å². The van der Waals surface area contributed by atoms with E-state index in [1.54, 1.807) is 30.3 Å². The van der Waals surface area contributed by atoms with E-state index in [0.29, 0.717) is 71.7 Å². The van der Waals surface area contributed by atoms with Gasteiger partial charge in [-0.1, -0.05) is 35.3 Å². The Morgan fingerprint density at radius 3 is 2.01 bits per heavy atom. The first kappa shape index (κ1) is 50.9. The number of halogens is 2. The Balaban J connectivity index is 0.757. The fourth-order valence-corrected chi connectivity index (χ4v) is 7.95. The Labute approximate surface area is 396 Å². The lowest BCUT2D eigenvalue weighted by atomic mass is 10.0. The van der Waals surface area contributed by atoms with Crippen molar-refractivity contribution in [2.45, 2.75) is 50.7 Å². The first-order chi connectivity index (χ1) is 32.5. The van der Waals surface area contributed by atoms with Crippen molar-refractivity contribution in [2.75, 3.05) is 103 Å². The summed E-state index contributed by atoms with van der Waals surface area (Å²) in [5.74, 6) is -3.50. The largest absolute Gasteiger partial charge is 0.382 e. The lowest BCUT2D eigenvalue weighted by Gasteiger charge is -2.27. The van der Waals surface area contributed by atoms with Crippen LogP contribution in [-0.2, 0) is 44.6 Å². The quantitative estimate of drug-likeness (QED) is 0.0472.